The number of carbonyl (C=O) groups excluding carboxylic acids is 1. The first-order valence-corrected chi connectivity index (χ1v) is 10.4. The van der Waals surface area contributed by atoms with Gasteiger partial charge in [0.25, 0.3) is 0 Å². The van der Waals surface area contributed by atoms with Crippen LogP contribution in [-0.2, 0) is 4.79 Å². The fourth-order valence-electron chi connectivity index (χ4n) is 4.27. The van der Waals surface area contributed by atoms with Gasteiger partial charge >= 0.3 is 0 Å². The van der Waals surface area contributed by atoms with Crippen molar-refractivity contribution in [1.82, 2.24) is 25.1 Å². The van der Waals surface area contributed by atoms with E-state index in [1.807, 2.05) is 29.2 Å². The number of aromatic nitrogens is 4. The van der Waals surface area contributed by atoms with E-state index in [-0.39, 0.29) is 11.8 Å². The number of amides is 1. The maximum Gasteiger partial charge on any atom is 0.225 e. The third-order valence-corrected chi connectivity index (χ3v) is 6.01. The Bertz CT molecular complexity index is 784. The molecule has 27 heavy (non-hydrogen) atoms. The van der Waals surface area contributed by atoms with Crippen molar-refractivity contribution >= 4 is 17.5 Å². The van der Waals surface area contributed by atoms with E-state index in [0.717, 1.165) is 37.9 Å². The summed E-state index contributed by atoms with van der Waals surface area (Å²) in [5.41, 5.74) is 0.795. The lowest BCUT2D eigenvalue weighted by Crippen LogP contribution is -2.42. The molecule has 4 rings (SSSR count). The lowest BCUT2D eigenvalue weighted by molar-refractivity contribution is -0.137. The van der Waals surface area contributed by atoms with Crippen molar-refractivity contribution in [3.05, 3.63) is 35.1 Å². The van der Waals surface area contributed by atoms with E-state index >= 15 is 0 Å². The molecule has 144 valence electrons. The number of benzene rings is 1. The van der Waals surface area contributed by atoms with Crippen LogP contribution in [0.4, 0.5) is 0 Å². The molecule has 1 atom stereocenters. The Morgan fingerprint density at radius 3 is 2.67 bits per heavy atom. The first-order valence-electron chi connectivity index (χ1n) is 10.1. The van der Waals surface area contributed by atoms with E-state index in [9.17, 15) is 4.79 Å². The Balaban J connectivity index is 1.44. The van der Waals surface area contributed by atoms with Crippen LogP contribution in [0.2, 0.25) is 5.02 Å². The molecular formula is C20H26ClN5O. The number of rotatable bonds is 3. The molecule has 1 aromatic heterocycles. The molecule has 0 N–H and O–H groups in total. The van der Waals surface area contributed by atoms with Gasteiger partial charge in [-0.2, -0.15) is 0 Å². The molecule has 1 amide bonds. The van der Waals surface area contributed by atoms with Crippen molar-refractivity contribution in [3.63, 3.8) is 0 Å². The van der Waals surface area contributed by atoms with Crippen LogP contribution in [0.15, 0.2) is 24.3 Å². The van der Waals surface area contributed by atoms with E-state index in [2.05, 4.69) is 15.4 Å². The molecule has 1 saturated heterocycles. The van der Waals surface area contributed by atoms with Gasteiger partial charge in [0, 0.05) is 29.9 Å². The Labute approximate surface area is 164 Å². The summed E-state index contributed by atoms with van der Waals surface area (Å²) >= 11 is 6.06. The molecule has 1 aliphatic carbocycles. The number of carbonyl (C=O) groups is 1. The number of hydrogen-bond donors (Lipinski definition) is 0. The van der Waals surface area contributed by atoms with Gasteiger partial charge in [0.15, 0.2) is 5.82 Å². The zero-order chi connectivity index (χ0) is 18.6. The normalized spacial score (nSPS) is 21.8. The molecular weight excluding hydrogens is 362 g/mol. The van der Waals surface area contributed by atoms with Gasteiger partial charge in [0.2, 0.25) is 5.91 Å². The topological polar surface area (TPSA) is 63.9 Å². The van der Waals surface area contributed by atoms with Crippen LogP contribution in [0.1, 0.15) is 63.1 Å². The summed E-state index contributed by atoms with van der Waals surface area (Å²) in [6.45, 7) is 1.56. The highest BCUT2D eigenvalue weighted by atomic mass is 35.5. The molecule has 1 aromatic carbocycles. The summed E-state index contributed by atoms with van der Waals surface area (Å²) in [5.74, 6) is 1.42. The highest BCUT2D eigenvalue weighted by Gasteiger charge is 2.31. The number of tetrazole rings is 1. The number of hydrogen-bond acceptors (Lipinski definition) is 4. The molecule has 2 aromatic rings. The molecule has 1 aliphatic heterocycles. The minimum absolute atomic E-state index is 0.154. The molecule has 1 saturated carbocycles. The second-order valence-electron chi connectivity index (χ2n) is 7.73. The number of halogens is 1. The summed E-state index contributed by atoms with van der Waals surface area (Å²) in [7, 11) is 0. The number of likely N-dealkylation sites (tertiary alicyclic amines) is 1. The molecule has 2 aliphatic rings. The van der Waals surface area contributed by atoms with Crippen LogP contribution in [0.3, 0.4) is 0 Å². The lowest BCUT2D eigenvalue weighted by Gasteiger charge is -2.33. The predicted octanol–water partition coefficient (Wildman–Crippen LogP) is 3.99. The van der Waals surface area contributed by atoms with E-state index in [0.29, 0.717) is 23.3 Å². The van der Waals surface area contributed by atoms with Gasteiger partial charge in [-0.15, -0.1) is 15.0 Å². The van der Waals surface area contributed by atoms with Crippen molar-refractivity contribution in [1.29, 1.82) is 0 Å². The van der Waals surface area contributed by atoms with Crippen molar-refractivity contribution in [2.45, 2.75) is 57.3 Å². The molecule has 0 spiro atoms. The monoisotopic (exact) mass is 387 g/mol. The largest absolute Gasteiger partial charge is 0.342 e. The summed E-state index contributed by atoms with van der Waals surface area (Å²) in [4.78, 5) is 16.6. The molecule has 2 heterocycles. The Kier molecular flexibility index (Phi) is 5.72. The van der Waals surface area contributed by atoms with Crippen LogP contribution in [0.25, 0.3) is 5.69 Å². The van der Waals surface area contributed by atoms with E-state index < -0.39 is 0 Å². The third-order valence-electron chi connectivity index (χ3n) is 5.77. The van der Waals surface area contributed by atoms with Gasteiger partial charge < -0.3 is 4.90 Å². The Morgan fingerprint density at radius 1 is 1.07 bits per heavy atom. The fraction of sp³-hybridized carbons (Fsp3) is 0.600. The quantitative estimate of drug-likeness (QED) is 0.747. The smallest absolute Gasteiger partial charge is 0.225 e. The summed E-state index contributed by atoms with van der Waals surface area (Å²) in [5, 5.41) is 13.7. The zero-order valence-electron chi connectivity index (χ0n) is 15.6. The minimum atomic E-state index is 0.154. The Hall–Kier alpha value is -1.95. The Morgan fingerprint density at radius 2 is 1.89 bits per heavy atom. The molecule has 0 bridgehead atoms. The van der Waals surface area contributed by atoms with E-state index in [4.69, 9.17) is 11.6 Å². The first kappa shape index (κ1) is 18.4. The molecule has 1 unspecified atom stereocenters. The van der Waals surface area contributed by atoms with E-state index in [1.165, 1.54) is 30.5 Å². The molecule has 6 nitrogen and oxygen atoms in total. The zero-order valence-corrected chi connectivity index (χ0v) is 16.3. The van der Waals surface area contributed by atoms with Gasteiger partial charge in [-0.3, -0.25) is 4.79 Å². The lowest BCUT2D eigenvalue weighted by atomic mass is 9.93. The van der Waals surface area contributed by atoms with Crippen molar-refractivity contribution in [2.24, 2.45) is 5.92 Å². The molecule has 2 fully saturated rings. The van der Waals surface area contributed by atoms with Gasteiger partial charge in [0.05, 0.1) is 5.69 Å². The molecule has 7 heteroatoms. The van der Waals surface area contributed by atoms with Crippen molar-refractivity contribution in [3.8, 4) is 5.69 Å². The summed E-state index contributed by atoms with van der Waals surface area (Å²) < 4.78 is 0. The van der Waals surface area contributed by atoms with Crippen molar-refractivity contribution < 1.29 is 4.79 Å². The number of nitrogens with zero attached hydrogens (tertiary/aromatic N) is 5. The van der Waals surface area contributed by atoms with Crippen LogP contribution < -0.4 is 0 Å². The first-order chi connectivity index (χ1) is 13.2. The van der Waals surface area contributed by atoms with Crippen molar-refractivity contribution in [2.75, 3.05) is 13.1 Å². The van der Waals surface area contributed by atoms with Gasteiger partial charge in [-0.05, 0) is 49.1 Å². The second-order valence-corrected chi connectivity index (χ2v) is 8.17. The second kappa shape index (κ2) is 8.38. The van der Waals surface area contributed by atoms with E-state index in [1.54, 1.807) is 0 Å². The average molecular weight is 388 g/mol. The van der Waals surface area contributed by atoms with Crippen LogP contribution in [0.5, 0.6) is 0 Å². The van der Waals surface area contributed by atoms with Gasteiger partial charge in [-0.1, -0.05) is 43.4 Å². The maximum absolute atomic E-state index is 13.0. The van der Waals surface area contributed by atoms with Gasteiger partial charge in [-0.25, -0.2) is 0 Å². The highest BCUT2D eigenvalue weighted by molar-refractivity contribution is 6.30. The average Bonchev–Trinajstić information content (AvgIpc) is 3.03. The third kappa shape index (κ3) is 4.32. The minimum Gasteiger partial charge on any atom is -0.342 e. The fourth-order valence-corrected chi connectivity index (χ4v) is 4.46. The maximum atomic E-state index is 13.0. The SMILES string of the molecule is O=C(C1CCCCCC1)N1CCCC(c2nnn(-c3cccc(Cl)c3)n2)C1. The number of piperidine rings is 1. The van der Waals surface area contributed by atoms with Crippen LogP contribution in [-0.4, -0.2) is 44.1 Å². The van der Waals surface area contributed by atoms with Gasteiger partial charge in [0.1, 0.15) is 0 Å². The van der Waals surface area contributed by atoms with Crippen LogP contribution >= 0.6 is 11.6 Å². The standard InChI is InChI=1S/C20H26ClN5O/c21-17-10-5-11-18(13-17)26-23-19(22-24-26)16-9-6-12-25(14-16)20(27)15-7-3-1-2-4-8-15/h5,10-11,13,15-16H,1-4,6-9,12,14H2. The summed E-state index contributed by atoms with van der Waals surface area (Å²) in [6.07, 6.45) is 8.98. The predicted molar refractivity (Wildman–Crippen MR) is 104 cm³/mol. The highest BCUT2D eigenvalue weighted by Crippen LogP contribution is 2.29. The molecule has 0 radical (unpaired) electrons. The van der Waals surface area contributed by atoms with Crippen LogP contribution in [0, 0.1) is 5.92 Å². The summed E-state index contributed by atoms with van der Waals surface area (Å²) in [6, 6.07) is 7.41.